The average Bonchev–Trinajstić information content (AvgIpc) is 2.34. The van der Waals surface area contributed by atoms with Crippen molar-refractivity contribution in [1.29, 1.82) is 0 Å². The molecule has 0 aliphatic carbocycles. The van der Waals surface area contributed by atoms with E-state index < -0.39 is 0 Å². The van der Waals surface area contributed by atoms with Gasteiger partial charge in [0, 0.05) is 12.5 Å². The van der Waals surface area contributed by atoms with Crippen LogP contribution in [0.5, 0.6) is 0 Å². The summed E-state index contributed by atoms with van der Waals surface area (Å²) < 4.78 is 0. The van der Waals surface area contributed by atoms with Crippen molar-refractivity contribution in [3.05, 3.63) is 30.3 Å². The quantitative estimate of drug-likeness (QED) is 0.784. The van der Waals surface area contributed by atoms with Crippen LogP contribution in [0.2, 0.25) is 0 Å². The Labute approximate surface area is 110 Å². The lowest BCUT2D eigenvalue weighted by atomic mass is 10.2. The molecule has 0 aromatic heterocycles. The number of likely N-dealkylation sites (N-methyl/N-ethyl adjacent to an activating group) is 1. The van der Waals surface area contributed by atoms with Gasteiger partial charge in [-0.1, -0.05) is 32.0 Å². The summed E-state index contributed by atoms with van der Waals surface area (Å²) in [7, 11) is 4.00. The molecule has 4 nitrogen and oxygen atoms in total. The summed E-state index contributed by atoms with van der Waals surface area (Å²) in [6, 6.07) is 9.77. The molecule has 1 amide bonds. The predicted octanol–water partition coefficient (Wildman–Crippen LogP) is 2.06. The Kier molecular flexibility index (Phi) is 5.65. The summed E-state index contributed by atoms with van der Waals surface area (Å²) >= 11 is 0. The molecule has 1 N–H and O–H groups in total. The summed E-state index contributed by atoms with van der Waals surface area (Å²) in [5.41, 5.74) is 4.11. The van der Waals surface area contributed by atoms with E-state index in [0.717, 1.165) is 12.2 Å². The lowest BCUT2D eigenvalue weighted by Crippen LogP contribution is -2.42. The minimum atomic E-state index is -0.0108. The second-order valence-electron chi connectivity index (χ2n) is 4.93. The Morgan fingerprint density at radius 2 is 1.78 bits per heavy atom. The van der Waals surface area contributed by atoms with E-state index in [4.69, 9.17) is 0 Å². The van der Waals surface area contributed by atoms with Crippen LogP contribution in [0.3, 0.4) is 0 Å². The monoisotopic (exact) mass is 249 g/mol. The van der Waals surface area contributed by atoms with E-state index in [-0.39, 0.29) is 11.8 Å². The molecular weight excluding hydrogens is 226 g/mol. The smallest absolute Gasteiger partial charge is 0.243 e. The molecule has 0 saturated carbocycles. The highest BCUT2D eigenvalue weighted by molar-refractivity contribution is 5.79. The van der Waals surface area contributed by atoms with E-state index in [1.807, 2.05) is 58.3 Å². The molecule has 18 heavy (non-hydrogen) atoms. The number of carbonyl (C=O) groups is 1. The van der Waals surface area contributed by atoms with Crippen molar-refractivity contribution in [1.82, 2.24) is 9.91 Å². The molecular formula is C14H23N3O. The highest BCUT2D eigenvalue weighted by Crippen LogP contribution is 2.09. The summed E-state index contributed by atoms with van der Waals surface area (Å²) in [5.74, 6) is 0.101. The number of anilines is 1. The van der Waals surface area contributed by atoms with Crippen molar-refractivity contribution in [3.8, 4) is 0 Å². The van der Waals surface area contributed by atoms with Gasteiger partial charge in [0.15, 0.2) is 0 Å². The predicted molar refractivity (Wildman–Crippen MR) is 75.2 cm³/mol. The van der Waals surface area contributed by atoms with Gasteiger partial charge >= 0.3 is 0 Å². The highest BCUT2D eigenvalue weighted by Gasteiger charge is 2.16. The summed E-state index contributed by atoms with van der Waals surface area (Å²) in [4.78, 5) is 14.2. The van der Waals surface area contributed by atoms with Crippen molar-refractivity contribution >= 4 is 11.6 Å². The number of nitrogens with one attached hydrogen (secondary N) is 1. The van der Waals surface area contributed by atoms with Crippen LogP contribution >= 0.6 is 0 Å². The summed E-state index contributed by atoms with van der Waals surface area (Å²) in [6.07, 6.45) is 0. The first-order chi connectivity index (χ1) is 8.50. The molecule has 0 saturated heterocycles. The molecule has 4 heteroatoms. The SMILES string of the molecule is CC(C)C(=O)N(CCN(C)C)Nc1ccccc1. The van der Waals surface area contributed by atoms with E-state index in [0.29, 0.717) is 6.54 Å². The third-order valence-electron chi connectivity index (χ3n) is 2.57. The maximum atomic E-state index is 12.1. The average molecular weight is 249 g/mol. The van der Waals surface area contributed by atoms with Crippen molar-refractivity contribution in [3.63, 3.8) is 0 Å². The van der Waals surface area contributed by atoms with E-state index in [1.165, 1.54) is 0 Å². The first-order valence-electron chi connectivity index (χ1n) is 6.28. The number of hydrogen-bond donors (Lipinski definition) is 1. The summed E-state index contributed by atoms with van der Waals surface area (Å²) in [6.45, 7) is 5.33. The number of rotatable bonds is 6. The fourth-order valence-corrected chi connectivity index (χ4v) is 1.50. The molecule has 0 unspecified atom stereocenters. The maximum Gasteiger partial charge on any atom is 0.243 e. The van der Waals surface area contributed by atoms with Crippen LogP contribution in [0.15, 0.2) is 30.3 Å². The molecule has 0 radical (unpaired) electrons. The maximum absolute atomic E-state index is 12.1. The van der Waals surface area contributed by atoms with Gasteiger partial charge in [0.2, 0.25) is 5.91 Å². The number of benzene rings is 1. The van der Waals surface area contributed by atoms with E-state index in [2.05, 4.69) is 10.3 Å². The molecule has 1 aromatic rings. The molecule has 0 heterocycles. The van der Waals surface area contributed by atoms with Crippen LogP contribution in [0.4, 0.5) is 5.69 Å². The largest absolute Gasteiger partial charge is 0.308 e. The van der Waals surface area contributed by atoms with Crippen LogP contribution in [0.1, 0.15) is 13.8 Å². The van der Waals surface area contributed by atoms with Gasteiger partial charge in [0.05, 0.1) is 12.2 Å². The number of hydrazine groups is 1. The molecule has 0 fully saturated rings. The minimum absolute atomic E-state index is 0.0108. The fraction of sp³-hybridized carbons (Fsp3) is 0.500. The third-order valence-corrected chi connectivity index (χ3v) is 2.57. The molecule has 0 spiro atoms. The fourth-order valence-electron chi connectivity index (χ4n) is 1.50. The van der Waals surface area contributed by atoms with Gasteiger partial charge in [-0.2, -0.15) is 0 Å². The Balaban J connectivity index is 2.68. The van der Waals surface area contributed by atoms with Gasteiger partial charge in [-0.05, 0) is 26.2 Å². The second kappa shape index (κ2) is 7.01. The number of hydrogen-bond acceptors (Lipinski definition) is 3. The first-order valence-corrected chi connectivity index (χ1v) is 6.28. The summed E-state index contributed by atoms with van der Waals surface area (Å²) in [5, 5.41) is 1.69. The Hall–Kier alpha value is -1.55. The molecule has 1 rings (SSSR count). The van der Waals surface area contributed by atoms with Crippen LogP contribution in [0, 0.1) is 5.92 Å². The van der Waals surface area contributed by atoms with Gasteiger partial charge in [0.25, 0.3) is 0 Å². The van der Waals surface area contributed by atoms with Crippen LogP contribution < -0.4 is 5.43 Å². The minimum Gasteiger partial charge on any atom is -0.308 e. The highest BCUT2D eigenvalue weighted by atomic mass is 16.2. The van der Waals surface area contributed by atoms with Crippen molar-refractivity contribution < 1.29 is 4.79 Å². The molecule has 0 aliphatic rings. The van der Waals surface area contributed by atoms with Crippen molar-refractivity contribution in [2.45, 2.75) is 13.8 Å². The topological polar surface area (TPSA) is 35.6 Å². The van der Waals surface area contributed by atoms with Crippen LogP contribution in [0.25, 0.3) is 0 Å². The number of para-hydroxylation sites is 1. The third kappa shape index (κ3) is 4.75. The van der Waals surface area contributed by atoms with Gasteiger partial charge in [-0.25, -0.2) is 0 Å². The lowest BCUT2D eigenvalue weighted by molar-refractivity contribution is -0.133. The molecule has 100 valence electrons. The second-order valence-corrected chi connectivity index (χ2v) is 4.93. The van der Waals surface area contributed by atoms with Gasteiger partial charge in [-0.15, -0.1) is 0 Å². The zero-order valence-electron chi connectivity index (χ0n) is 11.7. The standard InChI is InChI=1S/C14H23N3O/c1-12(2)14(18)17(11-10-16(3)4)15-13-8-6-5-7-9-13/h5-9,12,15H,10-11H2,1-4H3. The van der Waals surface area contributed by atoms with E-state index in [9.17, 15) is 4.79 Å². The van der Waals surface area contributed by atoms with Gasteiger partial charge in [0.1, 0.15) is 0 Å². The molecule has 0 bridgehead atoms. The normalized spacial score (nSPS) is 10.8. The number of nitrogens with zero attached hydrogens (tertiary/aromatic N) is 2. The first kappa shape index (κ1) is 14.5. The van der Waals surface area contributed by atoms with E-state index in [1.54, 1.807) is 5.01 Å². The number of amides is 1. The van der Waals surface area contributed by atoms with Crippen molar-refractivity contribution in [2.75, 3.05) is 32.6 Å². The molecule has 0 aliphatic heterocycles. The van der Waals surface area contributed by atoms with Crippen LogP contribution in [-0.2, 0) is 4.79 Å². The Morgan fingerprint density at radius 3 is 2.28 bits per heavy atom. The van der Waals surface area contributed by atoms with Crippen molar-refractivity contribution in [2.24, 2.45) is 5.92 Å². The Morgan fingerprint density at radius 1 is 1.17 bits per heavy atom. The lowest BCUT2D eigenvalue weighted by Gasteiger charge is -2.27. The zero-order chi connectivity index (χ0) is 13.5. The Bertz CT molecular complexity index is 363. The van der Waals surface area contributed by atoms with Gasteiger partial charge in [-0.3, -0.25) is 15.2 Å². The van der Waals surface area contributed by atoms with E-state index >= 15 is 0 Å². The number of carbonyl (C=O) groups excluding carboxylic acids is 1. The molecule has 1 aromatic carbocycles. The molecule has 0 atom stereocenters. The zero-order valence-corrected chi connectivity index (χ0v) is 11.7. The van der Waals surface area contributed by atoms with Crippen LogP contribution in [-0.4, -0.2) is 43.0 Å². The van der Waals surface area contributed by atoms with Gasteiger partial charge < -0.3 is 4.90 Å².